The minimum atomic E-state index is -1.00. The van der Waals surface area contributed by atoms with Crippen molar-refractivity contribution in [2.75, 3.05) is 0 Å². The number of carboxylic acids is 1. The lowest BCUT2D eigenvalue weighted by Crippen LogP contribution is -2.02. The van der Waals surface area contributed by atoms with Gasteiger partial charge >= 0.3 is 5.97 Å². The Hall–Kier alpha value is -1.61. The van der Waals surface area contributed by atoms with Crippen LogP contribution >= 0.6 is 50.6 Å². The Balaban J connectivity index is 1.94. The highest BCUT2D eigenvalue weighted by Crippen LogP contribution is 2.32. The molecule has 3 aromatic rings. The van der Waals surface area contributed by atoms with Gasteiger partial charge in [-0.1, -0.05) is 11.6 Å². The van der Waals surface area contributed by atoms with E-state index in [1.54, 1.807) is 18.2 Å². The maximum atomic E-state index is 11.7. The molecule has 0 amide bonds. The summed E-state index contributed by atoms with van der Waals surface area (Å²) in [6.07, 6.45) is 1.64. The molecule has 26 heavy (non-hydrogen) atoms. The van der Waals surface area contributed by atoms with Crippen LogP contribution < -0.4 is 0 Å². The first-order chi connectivity index (χ1) is 12.5. The Bertz CT molecular complexity index is 967. The number of thiophene rings is 1. The van der Waals surface area contributed by atoms with Gasteiger partial charge in [-0.3, -0.25) is 0 Å². The summed E-state index contributed by atoms with van der Waals surface area (Å²) in [6, 6.07) is 11.1. The highest BCUT2D eigenvalue weighted by molar-refractivity contribution is 9.11. The molecule has 0 radical (unpaired) electrons. The van der Waals surface area contributed by atoms with Crippen molar-refractivity contribution in [3.63, 3.8) is 0 Å². The van der Waals surface area contributed by atoms with Gasteiger partial charge in [0.25, 0.3) is 0 Å². The lowest BCUT2D eigenvalue weighted by molar-refractivity contribution is -0.131. The fourth-order valence-corrected chi connectivity index (χ4v) is 4.67. The summed E-state index contributed by atoms with van der Waals surface area (Å²) in [5, 5.41) is 19.1. The molecule has 0 bridgehead atoms. The fourth-order valence-electron chi connectivity index (χ4n) is 2.23. The lowest BCUT2D eigenvalue weighted by atomic mass is 10.2. The SMILES string of the molecule is CCn1c(S/C(=C\c2ccc(Br)s2)C(=O)O)nnc1-c1ccc(Cl)cc1. The van der Waals surface area contributed by atoms with E-state index in [1.807, 2.05) is 35.8 Å². The molecular weight excluding hydrogens is 458 g/mol. The third kappa shape index (κ3) is 4.37. The lowest BCUT2D eigenvalue weighted by Gasteiger charge is -2.07. The van der Waals surface area contributed by atoms with Gasteiger partial charge in [0, 0.05) is 22.0 Å². The summed E-state index contributed by atoms with van der Waals surface area (Å²) in [6.45, 7) is 2.58. The normalized spacial score (nSPS) is 11.7. The van der Waals surface area contributed by atoms with E-state index >= 15 is 0 Å². The standard InChI is InChI=1S/C17H13BrClN3O2S2/c1-2-22-15(10-3-5-11(19)6-4-10)20-21-17(22)26-13(16(23)24)9-12-7-8-14(18)25-12/h3-9H,2H2,1H3,(H,23,24)/b13-9-. The number of hydrogen-bond donors (Lipinski definition) is 1. The van der Waals surface area contributed by atoms with Crippen molar-refractivity contribution in [2.24, 2.45) is 0 Å². The number of aromatic nitrogens is 3. The zero-order valence-electron chi connectivity index (χ0n) is 13.5. The molecule has 134 valence electrons. The minimum Gasteiger partial charge on any atom is -0.477 e. The van der Waals surface area contributed by atoms with E-state index in [4.69, 9.17) is 11.6 Å². The van der Waals surface area contributed by atoms with Crippen LogP contribution in [-0.2, 0) is 11.3 Å². The Labute approximate surface area is 171 Å². The quantitative estimate of drug-likeness (QED) is 0.372. The molecule has 1 N–H and O–H groups in total. The topological polar surface area (TPSA) is 68.0 Å². The molecule has 0 spiro atoms. The van der Waals surface area contributed by atoms with E-state index in [0.29, 0.717) is 22.5 Å². The molecule has 0 atom stereocenters. The van der Waals surface area contributed by atoms with Gasteiger partial charge in [-0.15, -0.1) is 21.5 Å². The predicted octanol–water partition coefficient (Wildman–Crippen LogP) is 5.66. The molecule has 0 aliphatic heterocycles. The molecule has 2 heterocycles. The van der Waals surface area contributed by atoms with Gasteiger partial charge in [-0.2, -0.15) is 0 Å². The van der Waals surface area contributed by atoms with Gasteiger partial charge in [0.2, 0.25) is 0 Å². The molecule has 0 aliphatic carbocycles. The van der Waals surface area contributed by atoms with E-state index in [9.17, 15) is 9.90 Å². The van der Waals surface area contributed by atoms with Crippen LogP contribution in [-0.4, -0.2) is 25.8 Å². The number of hydrogen-bond acceptors (Lipinski definition) is 5. The zero-order valence-corrected chi connectivity index (χ0v) is 17.5. The van der Waals surface area contributed by atoms with Crippen LogP contribution in [0.2, 0.25) is 5.02 Å². The van der Waals surface area contributed by atoms with Crippen LogP contribution in [0.5, 0.6) is 0 Å². The van der Waals surface area contributed by atoms with E-state index in [0.717, 1.165) is 26.0 Å². The molecular formula is C17H13BrClN3O2S2. The number of rotatable bonds is 6. The van der Waals surface area contributed by atoms with Crippen molar-refractivity contribution in [1.29, 1.82) is 0 Å². The van der Waals surface area contributed by atoms with Crippen molar-refractivity contribution in [3.8, 4) is 11.4 Å². The first-order valence-electron chi connectivity index (χ1n) is 7.55. The van der Waals surface area contributed by atoms with Crippen LogP contribution in [0, 0.1) is 0 Å². The molecule has 5 nitrogen and oxygen atoms in total. The largest absolute Gasteiger partial charge is 0.477 e. The molecule has 1 aromatic carbocycles. The van der Waals surface area contributed by atoms with Crippen LogP contribution in [0.15, 0.2) is 50.2 Å². The predicted molar refractivity (Wildman–Crippen MR) is 110 cm³/mol. The number of aliphatic carboxylic acids is 1. The maximum Gasteiger partial charge on any atom is 0.342 e. The van der Waals surface area contributed by atoms with Gasteiger partial charge in [0.15, 0.2) is 11.0 Å². The van der Waals surface area contributed by atoms with Crippen molar-refractivity contribution >= 4 is 62.7 Å². The Morgan fingerprint density at radius 3 is 2.62 bits per heavy atom. The molecule has 0 saturated carbocycles. The summed E-state index contributed by atoms with van der Waals surface area (Å²) in [5.41, 5.74) is 0.874. The number of carbonyl (C=O) groups is 1. The van der Waals surface area contributed by atoms with Crippen LogP contribution in [0.25, 0.3) is 17.5 Å². The van der Waals surface area contributed by atoms with Crippen LogP contribution in [0.4, 0.5) is 0 Å². The first kappa shape index (κ1) is 19.2. The Morgan fingerprint density at radius 1 is 1.31 bits per heavy atom. The smallest absolute Gasteiger partial charge is 0.342 e. The molecule has 9 heteroatoms. The monoisotopic (exact) mass is 469 g/mol. The first-order valence-corrected chi connectivity index (χ1v) is 10.4. The average molecular weight is 471 g/mol. The second kappa shape index (κ2) is 8.39. The minimum absolute atomic E-state index is 0.184. The van der Waals surface area contributed by atoms with Gasteiger partial charge in [0.1, 0.15) is 4.91 Å². The van der Waals surface area contributed by atoms with E-state index in [-0.39, 0.29) is 4.91 Å². The van der Waals surface area contributed by atoms with E-state index < -0.39 is 5.97 Å². The van der Waals surface area contributed by atoms with Crippen molar-refractivity contribution in [3.05, 3.63) is 55.0 Å². The molecule has 3 rings (SSSR count). The van der Waals surface area contributed by atoms with Crippen molar-refractivity contribution in [1.82, 2.24) is 14.8 Å². The number of benzene rings is 1. The highest BCUT2D eigenvalue weighted by Gasteiger charge is 2.18. The van der Waals surface area contributed by atoms with E-state index in [2.05, 4.69) is 26.1 Å². The highest BCUT2D eigenvalue weighted by atomic mass is 79.9. The second-order valence-electron chi connectivity index (χ2n) is 5.12. The summed E-state index contributed by atoms with van der Waals surface area (Å²) in [4.78, 5) is 12.7. The van der Waals surface area contributed by atoms with Crippen LogP contribution in [0.3, 0.4) is 0 Å². The van der Waals surface area contributed by atoms with Crippen molar-refractivity contribution in [2.45, 2.75) is 18.6 Å². The number of halogens is 2. The fraction of sp³-hybridized carbons (Fsp3) is 0.118. The summed E-state index contributed by atoms with van der Waals surface area (Å²) < 4.78 is 2.83. The van der Waals surface area contributed by atoms with E-state index in [1.165, 1.54) is 11.3 Å². The zero-order chi connectivity index (χ0) is 18.7. The maximum absolute atomic E-state index is 11.7. The van der Waals surface area contributed by atoms with Crippen molar-refractivity contribution < 1.29 is 9.90 Å². The Morgan fingerprint density at radius 2 is 2.04 bits per heavy atom. The summed E-state index contributed by atoms with van der Waals surface area (Å²) in [5.74, 6) is -0.325. The average Bonchev–Trinajstić information content (AvgIpc) is 3.20. The van der Waals surface area contributed by atoms with Gasteiger partial charge in [0.05, 0.1) is 3.79 Å². The number of thioether (sulfide) groups is 1. The second-order valence-corrected chi connectivity index (χ2v) is 9.06. The third-order valence-corrected chi connectivity index (χ3v) is 6.23. The summed E-state index contributed by atoms with van der Waals surface area (Å²) in [7, 11) is 0. The molecule has 0 aliphatic rings. The molecule has 0 saturated heterocycles. The molecule has 2 aromatic heterocycles. The van der Waals surface area contributed by atoms with Gasteiger partial charge in [-0.25, -0.2) is 4.79 Å². The Kier molecular flexibility index (Phi) is 6.18. The number of carboxylic acid groups (broad SMARTS) is 1. The molecule has 0 unspecified atom stereocenters. The third-order valence-electron chi connectivity index (χ3n) is 3.41. The summed E-state index contributed by atoms with van der Waals surface area (Å²) >= 11 is 11.9. The number of nitrogens with zero attached hydrogens (tertiary/aromatic N) is 3. The van der Waals surface area contributed by atoms with Gasteiger partial charge in [-0.05, 0) is 77.1 Å². The molecule has 0 fully saturated rings. The van der Waals surface area contributed by atoms with Gasteiger partial charge < -0.3 is 9.67 Å². The van der Waals surface area contributed by atoms with Crippen LogP contribution in [0.1, 0.15) is 11.8 Å².